The topological polar surface area (TPSA) is 56.0 Å². The first-order valence-corrected chi connectivity index (χ1v) is 7.27. The monoisotopic (exact) mass is 252 g/mol. The summed E-state index contributed by atoms with van der Waals surface area (Å²) in [5, 5.41) is 21.6. The highest BCUT2D eigenvalue weighted by Crippen LogP contribution is 2.43. The molecule has 0 aromatic rings. The molecule has 0 unspecified atom stereocenters. The van der Waals surface area contributed by atoms with Gasteiger partial charge in [0.2, 0.25) is 0 Å². The van der Waals surface area contributed by atoms with E-state index in [2.05, 4.69) is 32.2 Å². The van der Waals surface area contributed by atoms with Gasteiger partial charge in [0, 0.05) is 6.61 Å². The van der Waals surface area contributed by atoms with Gasteiger partial charge in [0.15, 0.2) is 0 Å². The second-order valence-corrected chi connectivity index (χ2v) is 6.31. The van der Waals surface area contributed by atoms with Gasteiger partial charge in [0.1, 0.15) is 5.54 Å². The SMILES string of the molecule is CCC(C)(C)C1CCC(C#N)(NCCCO)CC1. The Bertz CT molecular complexity index is 285. The zero-order valence-electron chi connectivity index (χ0n) is 12.1. The van der Waals surface area contributed by atoms with Crippen LogP contribution >= 0.6 is 0 Å². The predicted molar refractivity (Wildman–Crippen MR) is 74.1 cm³/mol. The molecule has 3 heteroatoms. The molecule has 1 fully saturated rings. The number of rotatable bonds is 6. The lowest BCUT2D eigenvalue weighted by atomic mass is 9.66. The van der Waals surface area contributed by atoms with Gasteiger partial charge in [0.25, 0.3) is 0 Å². The minimum absolute atomic E-state index is 0.194. The standard InChI is InChI=1S/C15H28N2O/c1-4-14(2,3)13-6-8-15(12-16,9-7-13)17-10-5-11-18/h13,17-18H,4-11H2,1-3H3. The molecular formula is C15H28N2O. The third-order valence-electron chi connectivity index (χ3n) is 4.87. The summed E-state index contributed by atoms with van der Waals surface area (Å²) in [5.41, 5.74) is 0.0577. The molecule has 0 aliphatic heterocycles. The molecule has 0 saturated heterocycles. The van der Waals surface area contributed by atoms with Gasteiger partial charge >= 0.3 is 0 Å². The summed E-state index contributed by atoms with van der Waals surface area (Å²) in [6.45, 7) is 7.88. The Kier molecular flexibility index (Phi) is 5.62. The molecule has 18 heavy (non-hydrogen) atoms. The molecule has 1 aliphatic carbocycles. The molecule has 0 atom stereocenters. The molecule has 3 nitrogen and oxygen atoms in total. The molecule has 0 amide bonds. The number of aliphatic hydroxyl groups excluding tert-OH is 1. The molecule has 1 saturated carbocycles. The van der Waals surface area contributed by atoms with Crippen molar-refractivity contribution >= 4 is 0 Å². The van der Waals surface area contributed by atoms with Crippen molar-refractivity contribution in [3.63, 3.8) is 0 Å². The lowest BCUT2D eigenvalue weighted by Crippen LogP contribution is -2.48. The first kappa shape index (κ1) is 15.5. The largest absolute Gasteiger partial charge is 0.396 e. The Balaban J connectivity index is 2.52. The molecule has 2 N–H and O–H groups in total. The average Bonchev–Trinajstić information content (AvgIpc) is 2.39. The molecule has 0 aromatic carbocycles. The van der Waals surface area contributed by atoms with Crippen molar-refractivity contribution in [3.05, 3.63) is 0 Å². The van der Waals surface area contributed by atoms with Crippen LogP contribution < -0.4 is 5.32 Å². The molecule has 0 heterocycles. The number of hydrogen-bond acceptors (Lipinski definition) is 3. The van der Waals surface area contributed by atoms with E-state index in [4.69, 9.17) is 5.11 Å². The minimum Gasteiger partial charge on any atom is -0.396 e. The summed E-state index contributed by atoms with van der Waals surface area (Å²) in [7, 11) is 0. The molecule has 104 valence electrons. The van der Waals surface area contributed by atoms with Gasteiger partial charge < -0.3 is 5.11 Å². The fourth-order valence-corrected chi connectivity index (χ4v) is 2.92. The van der Waals surface area contributed by atoms with E-state index in [0.717, 1.165) is 44.6 Å². The zero-order chi connectivity index (χ0) is 13.6. The van der Waals surface area contributed by atoms with Crippen molar-refractivity contribution in [2.45, 2.75) is 64.8 Å². The molecule has 1 aliphatic rings. The first-order valence-electron chi connectivity index (χ1n) is 7.27. The van der Waals surface area contributed by atoms with Gasteiger partial charge in [-0.05, 0) is 50.0 Å². The Labute approximate surface area is 112 Å². The number of nitrogens with one attached hydrogen (secondary N) is 1. The van der Waals surface area contributed by atoms with Crippen molar-refractivity contribution in [2.75, 3.05) is 13.2 Å². The number of aliphatic hydroxyl groups is 1. The van der Waals surface area contributed by atoms with Crippen LogP contribution in [0.2, 0.25) is 0 Å². The van der Waals surface area contributed by atoms with E-state index in [-0.39, 0.29) is 12.1 Å². The summed E-state index contributed by atoms with van der Waals surface area (Å²) >= 11 is 0. The average molecular weight is 252 g/mol. The highest BCUT2D eigenvalue weighted by molar-refractivity contribution is 5.09. The van der Waals surface area contributed by atoms with Crippen molar-refractivity contribution in [3.8, 4) is 6.07 Å². The van der Waals surface area contributed by atoms with Gasteiger partial charge in [0.05, 0.1) is 6.07 Å². The Morgan fingerprint density at radius 1 is 1.39 bits per heavy atom. The highest BCUT2D eigenvalue weighted by Gasteiger charge is 2.39. The van der Waals surface area contributed by atoms with Crippen molar-refractivity contribution < 1.29 is 5.11 Å². The summed E-state index contributed by atoms with van der Waals surface area (Å²) in [6.07, 6.45) is 6.11. The van der Waals surface area contributed by atoms with Crippen molar-refractivity contribution in [1.82, 2.24) is 5.32 Å². The van der Waals surface area contributed by atoms with Crippen LogP contribution in [0.15, 0.2) is 0 Å². The third kappa shape index (κ3) is 3.70. The smallest absolute Gasteiger partial charge is 0.106 e. The van der Waals surface area contributed by atoms with Gasteiger partial charge in [-0.2, -0.15) is 5.26 Å². The maximum atomic E-state index is 9.41. The second-order valence-electron chi connectivity index (χ2n) is 6.31. The quantitative estimate of drug-likeness (QED) is 0.715. The molecule has 0 radical (unpaired) electrons. The number of nitriles is 1. The summed E-state index contributed by atoms with van der Waals surface area (Å²) in [5.74, 6) is 0.739. The minimum atomic E-state index is -0.338. The van der Waals surface area contributed by atoms with Crippen LogP contribution in [0, 0.1) is 22.7 Å². The Morgan fingerprint density at radius 2 is 2.00 bits per heavy atom. The normalized spacial score (nSPS) is 28.9. The van der Waals surface area contributed by atoms with Crippen LogP contribution in [0.25, 0.3) is 0 Å². The van der Waals surface area contributed by atoms with E-state index in [1.807, 2.05) is 0 Å². The van der Waals surface area contributed by atoms with Crippen LogP contribution in [0.1, 0.15) is 59.3 Å². The van der Waals surface area contributed by atoms with Crippen LogP contribution in [0.4, 0.5) is 0 Å². The van der Waals surface area contributed by atoms with Crippen molar-refractivity contribution in [1.29, 1.82) is 5.26 Å². The third-order valence-corrected chi connectivity index (χ3v) is 4.87. The van der Waals surface area contributed by atoms with E-state index >= 15 is 0 Å². The fourth-order valence-electron chi connectivity index (χ4n) is 2.92. The Morgan fingerprint density at radius 3 is 2.44 bits per heavy atom. The Hall–Kier alpha value is -0.590. The molecule has 0 spiro atoms. The lowest BCUT2D eigenvalue weighted by Gasteiger charge is -2.42. The highest BCUT2D eigenvalue weighted by atomic mass is 16.3. The van der Waals surface area contributed by atoms with E-state index < -0.39 is 0 Å². The summed E-state index contributed by atoms with van der Waals surface area (Å²) in [6, 6.07) is 2.47. The van der Waals surface area contributed by atoms with Crippen molar-refractivity contribution in [2.24, 2.45) is 11.3 Å². The summed E-state index contributed by atoms with van der Waals surface area (Å²) in [4.78, 5) is 0. The molecule has 0 aromatic heterocycles. The van der Waals surface area contributed by atoms with Gasteiger partial charge in [-0.1, -0.05) is 27.2 Å². The van der Waals surface area contributed by atoms with E-state index in [9.17, 15) is 5.26 Å². The molecule has 0 bridgehead atoms. The second kappa shape index (κ2) is 6.54. The van der Waals surface area contributed by atoms with E-state index in [0.29, 0.717) is 5.41 Å². The van der Waals surface area contributed by atoms with Crippen LogP contribution in [0.3, 0.4) is 0 Å². The molecular weight excluding hydrogens is 224 g/mol. The van der Waals surface area contributed by atoms with E-state index in [1.165, 1.54) is 6.42 Å². The fraction of sp³-hybridized carbons (Fsp3) is 0.933. The van der Waals surface area contributed by atoms with Crippen LogP contribution in [-0.4, -0.2) is 23.8 Å². The number of hydrogen-bond donors (Lipinski definition) is 2. The maximum Gasteiger partial charge on any atom is 0.106 e. The number of nitrogens with zero attached hydrogens (tertiary/aromatic N) is 1. The van der Waals surface area contributed by atoms with Gasteiger partial charge in [-0.3, -0.25) is 5.32 Å². The summed E-state index contributed by atoms with van der Waals surface area (Å²) < 4.78 is 0. The van der Waals surface area contributed by atoms with E-state index in [1.54, 1.807) is 0 Å². The maximum absolute atomic E-state index is 9.41. The predicted octanol–water partition coefficient (Wildman–Crippen LogP) is 2.85. The van der Waals surface area contributed by atoms with Gasteiger partial charge in [-0.15, -0.1) is 0 Å². The lowest BCUT2D eigenvalue weighted by molar-refractivity contribution is 0.118. The first-order chi connectivity index (χ1) is 8.49. The van der Waals surface area contributed by atoms with Crippen LogP contribution in [0.5, 0.6) is 0 Å². The zero-order valence-corrected chi connectivity index (χ0v) is 12.1. The van der Waals surface area contributed by atoms with Gasteiger partial charge in [-0.25, -0.2) is 0 Å². The molecule has 1 rings (SSSR count). The van der Waals surface area contributed by atoms with Crippen LogP contribution in [-0.2, 0) is 0 Å².